The molecule has 0 amide bonds. The maximum Gasteiger partial charge on any atom is 0.339 e. The minimum Gasteiger partial charge on any atom is -0.507 e. The lowest BCUT2D eigenvalue weighted by molar-refractivity contribution is 0.0694. The summed E-state index contributed by atoms with van der Waals surface area (Å²) < 4.78 is 0. The molecular weight excluding hydrogens is 210 g/mol. The van der Waals surface area contributed by atoms with Crippen molar-refractivity contribution in [3.63, 3.8) is 0 Å². The van der Waals surface area contributed by atoms with Gasteiger partial charge in [-0.2, -0.15) is 0 Å². The second-order valence-electron chi connectivity index (χ2n) is 2.90. The number of nitrogens with zero attached hydrogens (tertiary/aromatic N) is 3. The highest BCUT2D eigenvalue weighted by molar-refractivity contribution is 5.91. The van der Waals surface area contributed by atoms with Crippen molar-refractivity contribution in [2.45, 2.75) is 0 Å². The van der Waals surface area contributed by atoms with E-state index in [9.17, 15) is 9.90 Å². The maximum atomic E-state index is 10.6. The summed E-state index contributed by atoms with van der Waals surface area (Å²) in [4.78, 5) is 13.2. The zero-order valence-corrected chi connectivity index (χ0v) is 8.24. The molecule has 0 fully saturated rings. The number of hydrogen-bond acceptors (Lipinski definition) is 3. The van der Waals surface area contributed by atoms with Gasteiger partial charge in [0.1, 0.15) is 11.3 Å². The molecule has 0 heterocycles. The maximum absolute atomic E-state index is 10.6. The SMILES string of the molecule is [N-]=[N+]=NCC=Cc1ccc(C(=O)O)c(O)c1. The number of phenols is 1. The van der Waals surface area contributed by atoms with Crippen LogP contribution in [0, 0.1) is 0 Å². The first kappa shape index (κ1) is 11.6. The molecule has 16 heavy (non-hydrogen) atoms. The van der Waals surface area contributed by atoms with Crippen LogP contribution in [0.1, 0.15) is 15.9 Å². The monoisotopic (exact) mass is 219 g/mol. The van der Waals surface area contributed by atoms with Gasteiger partial charge in [0.2, 0.25) is 0 Å². The summed E-state index contributed by atoms with van der Waals surface area (Å²) in [7, 11) is 0. The number of aromatic carboxylic acids is 1. The summed E-state index contributed by atoms with van der Waals surface area (Å²) in [6, 6.07) is 4.19. The molecule has 1 rings (SSSR count). The van der Waals surface area contributed by atoms with Crippen molar-refractivity contribution >= 4 is 12.0 Å². The number of carboxylic acids is 1. The second kappa shape index (κ2) is 5.43. The highest BCUT2D eigenvalue weighted by Crippen LogP contribution is 2.19. The van der Waals surface area contributed by atoms with Crippen molar-refractivity contribution in [1.29, 1.82) is 0 Å². The van der Waals surface area contributed by atoms with Gasteiger partial charge < -0.3 is 10.2 Å². The van der Waals surface area contributed by atoms with Gasteiger partial charge in [-0.3, -0.25) is 0 Å². The second-order valence-corrected chi connectivity index (χ2v) is 2.90. The molecule has 0 atom stereocenters. The molecule has 6 heteroatoms. The first-order chi connectivity index (χ1) is 7.65. The van der Waals surface area contributed by atoms with Crippen LogP contribution in [0.4, 0.5) is 0 Å². The number of benzene rings is 1. The quantitative estimate of drug-likeness (QED) is 0.461. The fourth-order valence-corrected chi connectivity index (χ4v) is 1.11. The lowest BCUT2D eigenvalue weighted by Gasteiger charge is -2.00. The summed E-state index contributed by atoms with van der Waals surface area (Å²) in [6.45, 7) is 0.206. The third-order valence-electron chi connectivity index (χ3n) is 1.81. The zero-order valence-electron chi connectivity index (χ0n) is 8.24. The fraction of sp³-hybridized carbons (Fsp3) is 0.100. The number of carboxylic acid groups (broad SMARTS) is 1. The highest BCUT2D eigenvalue weighted by atomic mass is 16.4. The summed E-state index contributed by atoms with van der Waals surface area (Å²) in [5.74, 6) is -1.47. The van der Waals surface area contributed by atoms with Crippen LogP contribution in [-0.2, 0) is 0 Å². The van der Waals surface area contributed by atoms with E-state index in [0.717, 1.165) is 0 Å². The van der Waals surface area contributed by atoms with Crippen molar-refractivity contribution in [2.75, 3.05) is 6.54 Å². The first-order valence-corrected chi connectivity index (χ1v) is 4.39. The van der Waals surface area contributed by atoms with Crippen LogP contribution in [0.25, 0.3) is 16.5 Å². The molecule has 0 saturated heterocycles. The Kier molecular flexibility index (Phi) is 3.94. The van der Waals surface area contributed by atoms with Gasteiger partial charge >= 0.3 is 5.97 Å². The Balaban J connectivity index is 2.85. The number of rotatable bonds is 4. The summed E-state index contributed by atoms with van der Waals surface area (Å²) >= 11 is 0. The lowest BCUT2D eigenvalue weighted by atomic mass is 10.1. The van der Waals surface area contributed by atoms with Crippen molar-refractivity contribution in [2.24, 2.45) is 5.11 Å². The largest absolute Gasteiger partial charge is 0.507 e. The molecule has 0 bridgehead atoms. The molecule has 82 valence electrons. The van der Waals surface area contributed by atoms with Gasteiger partial charge in [0.05, 0.1) is 0 Å². The van der Waals surface area contributed by atoms with E-state index in [1.54, 1.807) is 18.2 Å². The summed E-state index contributed by atoms with van der Waals surface area (Å²) in [5, 5.41) is 21.3. The Hall–Kier alpha value is -2.46. The third-order valence-corrected chi connectivity index (χ3v) is 1.81. The van der Waals surface area contributed by atoms with Gasteiger partial charge in [0.15, 0.2) is 0 Å². The molecule has 0 aliphatic rings. The van der Waals surface area contributed by atoms with Gasteiger partial charge in [-0.15, -0.1) is 0 Å². The van der Waals surface area contributed by atoms with E-state index >= 15 is 0 Å². The molecule has 0 aliphatic carbocycles. The van der Waals surface area contributed by atoms with E-state index in [0.29, 0.717) is 5.56 Å². The van der Waals surface area contributed by atoms with Gasteiger partial charge in [-0.05, 0) is 23.2 Å². The average molecular weight is 219 g/mol. The summed E-state index contributed by atoms with van der Waals surface area (Å²) in [6.07, 6.45) is 3.23. The van der Waals surface area contributed by atoms with Crippen LogP contribution >= 0.6 is 0 Å². The number of azide groups is 1. The predicted molar refractivity (Wildman–Crippen MR) is 58.1 cm³/mol. The van der Waals surface area contributed by atoms with Crippen LogP contribution in [0.5, 0.6) is 5.75 Å². The molecule has 0 aromatic heterocycles. The molecule has 0 spiro atoms. The third kappa shape index (κ3) is 3.04. The van der Waals surface area contributed by atoms with Crippen LogP contribution in [0.3, 0.4) is 0 Å². The minimum atomic E-state index is -1.18. The van der Waals surface area contributed by atoms with Gasteiger partial charge in [-0.25, -0.2) is 4.79 Å². The first-order valence-electron chi connectivity index (χ1n) is 4.39. The number of hydrogen-bond donors (Lipinski definition) is 2. The van der Waals surface area contributed by atoms with E-state index in [4.69, 9.17) is 10.6 Å². The normalized spacial score (nSPS) is 10.0. The van der Waals surface area contributed by atoms with Gasteiger partial charge in [0.25, 0.3) is 0 Å². The van der Waals surface area contributed by atoms with E-state index in [1.807, 2.05) is 0 Å². The molecule has 0 radical (unpaired) electrons. The van der Waals surface area contributed by atoms with Crippen LogP contribution in [0.2, 0.25) is 0 Å². The Morgan fingerprint density at radius 2 is 2.31 bits per heavy atom. The summed E-state index contributed by atoms with van der Waals surface area (Å²) in [5.41, 5.74) is 8.51. The van der Waals surface area contributed by atoms with Crippen molar-refractivity contribution in [3.05, 3.63) is 45.8 Å². The van der Waals surface area contributed by atoms with Gasteiger partial charge in [0, 0.05) is 11.5 Å². The topological polar surface area (TPSA) is 106 Å². The molecule has 1 aromatic rings. The molecule has 1 aromatic carbocycles. The smallest absolute Gasteiger partial charge is 0.339 e. The Bertz CT molecular complexity index is 476. The zero-order chi connectivity index (χ0) is 12.0. The molecule has 6 nitrogen and oxygen atoms in total. The van der Waals surface area contributed by atoms with Crippen molar-refractivity contribution in [1.82, 2.24) is 0 Å². The van der Waals surface area contributed by atoms with E-state index in [1.165, 1.54) is 12.1 Å². The van der Waals surface area contributed by atoms with Crippen LogP contribution < -0.4 is 0 Å². The molecule has 0 unspecified atom stereocenters. The van der Waals surface area contributed by atoms with Crippen LogP contribution in [0.15, 0.2) is 29.4 Å². The average Bonchev–Trinajstić information content (AvgIpc) is 2.24. The van der Waals surface area contributed by atoms with Crippen molar-refractivity contribution < 1.29 is 15.0 Å². The molecule has 0 aliphatic heterocycles. The lowest BCUT2D eigenvalue weighted by Crippen LogP contribution is -1.96. The Labute approximate surface area is 91.1 Å². The van der Waals surface area contributed by atoms with E-state index in [-0.39, 0.29) is 17.9 Å². The van der Waals surface area contributed by atoms with Gasteiger partial charge in [-0.1, -0.05) is 23.3 Å². The Morgan fingerprint density at radius 3 is 2.88 bits per heavy atom. The molecular formula is C10H9N3O3. The number of carbonyl (C=O) groups is 1. The van der Waals surface area contributed by atoms with E-state index < -0.39 is 5.97 Å². The van der Waals surface area contributed by atoms with Crippen LogP contribution in [-0.4, -0.2) is 22.7 Å². The van der Waals surface area contributed by atoms with Crippen molar-refractivity contribution in [3.8, 4) is 5.75 Å². The molecule has 2 N–H and O–H groups in total. The Morgan fingerprint density at radius 1 is 1.56 bits per heavy atom. The predicted octanol–water partition coefficient (Wildman–Crippen LogP) is 2.41. The fourth-order valence-electron chi connectivity index (χ4n) is 1.11. The highest BCUT2D eigenvalue weighted by Gasteiger charge is 2.08. The standard InChI is InChI=1S/C10H9N3O3/c11-13-12-5-1-2-7-3-4-8(10(15)16)9(14)6-7/h1-4,6,14H,5H2,(H,15,16). The molecule has 0 saturated carbocycles. The number of aromatic hydroxyl groups is 1. The van der Waals surface area contributed by atoms with E-state index in [2.05, 4.69) is 10.0 Å². The minimum absolute atomic E-state index is 0.146.